The number of methoxy groups -OCH3 is 1. The molecule has 0 bridgehead atoms. The van der Waals surface area contributed by atoms with Gasteiger partial charge in [-0.3, -0.25) is 10.1 Å². The molecule has 0 saturated carbocycles. The van der Waals surface area contributed by atoms with Crippen molar-refractivity contribution in [3.8, 4) is 5.75 Å². The molecule has 0 fully saturated rings. The lowest BCUT2D eigenvalue weighted by Gasteiger charge is -2.25. The number of fused-ring (bicyclic) bond motifs is 1. The van der Waals surface area contributed by atoms with Gasteiger partial charge in [-0.25, -0.2) is 22.2 Å². The van der Waals surface area contributed by atoms with Crippen LogP contribution in [-0.4, -0.2) is 37.3 Å². The quantitative estimate of drug-likeness (QED) is 0.624. The van der Waals surface area contributed by atoms with Crippen LogP contribution in [-0.2, 0) is 23.0 Å². The Hall–Kier alpha value is -2.89. The average molecular weight is 466 g/mol. The molecule has 1 aliphatic heterocycles. The summed E-state index contributed by atoms with van der Waals surface area (Å²) in [6.07, 6.45) is 0.385. The fourth-order valence-corrected chi connectivity index (χ4v) is 5.69. The lowest BCUT2D eigenvalue weighted by Crippen LogP contribution is -2.35. The van der Waals surface area contributed by atoms with E-state index >= 15 is 0 Å². The molecule has 2 heterocycles. The van der Waals surface area contributed by atoms with E-state index in [0.29, 0.717) is 22.7 Å². The Morgan fingerprint density at radius 1 is 1.19 bits per heavy atom. The molecule has 0 radical (unpaired) electrons. The van der Waals surface area contributed by atoms with Gasteiger partial charge < -0.3 is 4.74 Å². The summed E-state index contributed by atoms with van der Waals surface area (Å²) >= 11 is 1.15. The predicted octanol–water partition coefficient (Wildman–Crippen LogP) is 3.43. The Morgan fingerprint density at radius 3 is 2.74 bits per heavy atom. The van der Waals surface area contributed by atoms with E-state index in [-0.39, 0.29) is 28.7 Å². The van der Waals surface area contributed by atoms with Crippen molar-refractivity contribution in [1.82, 2.24) is 9.29 Å². The van der Waals surface area contributed by atoms with Crippen molar-refractivity contribution in [2.45, 2.75) is 17.9 Å². The summed E-state index contributed by atoms with van der Waals surface area (Å²) in [7, 11) is -2.27. The maximum Gasteiger partial charge on any atom is 0.257 e. The molecule has 2 aromatic carbocycles. The number of nitrogens with zero attached hydrogens (tertiary/aromatic N) is 2. The van der Waals surface area contributed by atoms with Crippen molar-refractivity contribution >= 4 is 32.4 Å². The highest BCUT2D eigenvalue weighted by Crippen LogP contribution is 2.32. The number of rotatable bonds is 5. The second kappa shape index (κ2) is 8.33. The fraction of sp³-hybridized carbons (Fsp3) is 0.200. The van der Waals surface area contributed by atoms with Crippen LogP contribution in [0.5, 0.6) is 5.75 Å². The van der Waals surface area contributed by atoms with Gasteiger partial charge in [0.1, 0.15) is 5.75 Å². The smallest absolute Gasteiger partial charge is 0.257 e. The van der Waals surface area contributed by atoms with E-state index in [0.717, 1.165) is 23.5 Å². The number of aromatic nitrogens is 1. The number of amides is 1. The number of nitrogens with one attached hydrogen (secondary N) is 1. The summed E-state index contributed by atoms with van der Waals surface area (Å²) < 4.78 is 58.9. The first-order chi connectivity index (χ1) is 14.8. The second-order valence-electron chi connectivity index (χ2n) is 6.74. The Balaban J connectivity index is 1.51. The monoisotopic (exact) mass is 465 g/mol. The van der Waals surface area contributed by atoms with Gasteiger partial charge in [0.25, 0.3) is 5.91 Å². The van der Waals surface area contributed by atoms with E-state index in [1.54, 1.807) is 12.1 Å². The number of hydrogen-bond acceptors (Lipinski definition) is 6. The van der Waals surface area contributed by atoms with Crippen LogP contribution in [0, 0.1) is 11.6 Å². The Bertz CT molecular complexity index is 1260. The standard InChI is InChI=1S/C20H17F2N3O4S2/c1-29-13-3-2-4-14(10-13)31(27,28)25-8-7-17-18(11-25)30-20(23-17)24-19(26)12-5-6-15(21)16(22)9-12/h2-6,9-10H,7-8,11H2,1H3,(H,23,24,26). The van der Waals surface area contributed by atoms with Crippen LogP contribution >= 0.6 is 11.3 Å². The molecule has 1 aromatic heterocycles. The molecule has 7 nitrogen and oxygen atoms in total. The summed E-state index contributed by atoms with van der Waals surface area (Å²) in [5.74, 6) is -2.35. The zero-order chi connectivity index (χ0) is 22.2. The maximum absolute atomic E-state index is 13.4. The number of hydrogen-bond donors (Lipinski definition) is 1. The van der Waals surface area contributed by atoms with E-state index in [2.05, 4.69) is 10.3 Å². The number of carbonyl (C=O) groups excluding carboxylic acids is 1. The minimum atomic E-state index is -3.74. The molecule has 0 unspecified atom stereocenters. The molecule has 0 aliphatic carbocycles. The van der Waals surface area contributed by atoms with E-state index in [9.17, 15) is 22.0 Å². The topological polar surface area (TPSA) is 88.6 Å². The van der Waals surface area contributed by atoms with Crippen molar-refractivity contribution in [3.63, 3.8) is 0 Å². The molecule has 1 aliphatic rings. The molecule has 0 spiro atoms. The first kappa shape index (κ1) is 21.3. The number of sulfonamides is 1. The van der Waals surface area contributed by atoms with Gasteiger partial charge in [-0.15, -0.1) is 11.3 Å². The normalized spacial score (nSPS) is 14.2. The van der Waals surface area contributed by atoms with E-state index < -0.39 is 27.6 Å². The van der Waals surface area contributed by atoms with Gasteiger partial charge in [0, 0.05) is 29.5 Å². The first-order valence-corrected chi connectivity index (χ1v) is 11.4. The second-order valence-corrected chi connectivity index (χ2v) is 9.76. The van der Waals surface area contributed by atoms with Gasteiger partial charge in [0.2, 0.25) is 10.0 Å². The Morgan fingerprint density at radius 2 is 2.00 bits per heavy atom. The largest absolute Gasteiger partial charge is 0.497 e. The van der Waals surface area contributed by atoms with Crippen molar-refractivity contribution in [3.05, 3.63) is 70.2 Å². The van der Waals surface area contributed by atoms with E-state index in [1.807, 2.05) is 0 Å². The average Bonchev–Trinajstić information content (AvgIpc) is 3.17. The lowest BCUT2D eigenvalue weighted by molar-refractivity contribution is 0.102. The van der Waals surface area contributed by atoms with Crippen LogP contribution in [0.2, 0.25) is 0 Å². The van der Waals surface area contributed by atoms with Crippen molar-refractivity contribution < 1.29 is 26.7 Å². The van der Waals surface area contributed by atoms with E-state index in [4.69, 9.17) is 4.74 Å². The third-order valence-corrected chi connectivity index (χ3v) is 7.62. The Labute approximate surface area is 181 Å². The Kier molecular flexibility index (Phi) is 5.73. The highest BCUT2D eigenvalue weighted by atomic mass is 32.2. The van der Waals surface area contributed by atoms with E-state index in [1.165, 1.54) is 29.6 Å². The molecule has 11 heteroatoms. The molecule has 4 rings (SSSR count). The highest BCUT2D eigenvalue weighted by Gasteiger charge is 2.31. The predicted molar refractivity (Wildman–Crippen MR) is 111 cm³/mol. The van der Waals surface area contributed by atoms with Gasteiger partial charge in [-0.1, -0.05) is 6.07 Å². The summed E-state index contributed by atoms with van der Waals surface area (Å²) in [6.45, 7) is 0.362. The van der Waals surface area contributed by atoms with Crippen LogP contribution < -0.4 is 10.1 Å². The first-order valence-electron chi connectivity index (χ1n) is 9.17. The summed E-state index contributed by atoms with van der Waals surface area (Å²) in [4.78, 5) is 17.5. The number of anilines is 1. The zero-order valence-corrected chi connectivity index (χ0v) is 17.9. The van der Waals surface area contributed by atoms with Crippen LogP contribution in [0.3, 0.4) is 0 Å². The van der Waals surface area contributed by atoms with Crippen LogP contribution in [0.1, 0.15) is 20.9 Å². The molecule has 162 valence electrons. The van der Waals surface area contributed by atoms with Gasteiger partial charge in [-0.05, 0) is 30.3 Å². The molecule has 0 atom stereocenters. The zero-order valence-electron chi connectivity index (χ0n) is 16.3. The van der Waals surface area contributed by atoms with Crippen molar-refractivity contribution in [1.29, 1.82) is 0 Å². The number of ether oxygens (including phenoxy) is 1. The molecule has 0 saturated heterocycles. The number of benzene rings is 2. The van der Waals surface area contributed by atoms with Crippen LogP contribution in [0.4, 0.5) is 13.9 Å². The van der Waals surface area contributed by atoms with Gasteiger partial charge in [-0.2, -0.15) is 4.31 Å². The van der Waals surface area contributed by atoms with Crippen molar-refractivity contribution in [2.24, 2.45) is 0 Å². The number of halogens is 2. The third-order valence-electron chi connectivity index (χ3n) is 4.78. The minimum absolute atomic E-state index is 0.0469. The fourth-order valence-electron chi connectivity index (χ4n) is 3.15. The van der Waals surface area contributed by atoms with Crippen LogP contribution in [0.25, 0.3) is 0 Å². The molecule has 1 N–H and O–H groups in total. The minimum Gasteiger partial charge on any atom is -0.497 e. The van der Waals surface area contributed by atoms with Gasteiger partial charge >= 0.3 is 0 Å². The number of carbonyl (C=O) groups is 1. The van der Waals surface area contributed by atoms with Gasteiger partial charge in [0.15, 0.2) is 16.8 Å². The van der Waals surface area contributed by atoms with Crippen molar-refractivity contribution in [2.75, 3.05) is 19.0 Å². The molecular formula is C20H17F2N3O4S2. The lowest BCUT2D eigenvalue weighted by atomic mass is 10.2. The molecule has 31 heavy (non-hydrogen) atoms. The van der Waals surface area contributed by atoms with Crippen LogP contribution in [0.15, 0.2) is 47.4 Å². The third kappa shape index (κ3) is 4.29. The molecule has 1 amide bonds. The highest BCUT2D eigenvalue weighted by molar-refractivity contribution is 7.89. The summed E-state index contributed by atoms with van der Waals surface area (Å²) in [6, 6.07) is 9.10. The van der Waals surface area contributed by atoms with Gasteiger partial charge in [0.05, 0.1) is 24.2 Å². The molecular weight excluding hydrogens is 448 g/mol. The maximum atomic E-state index is 13.4. The SMILES string of the molecule is COc1cccc(S(=O)(=O)N2CCc3nc(NC(=O)c4ccc(F)c(F)c4)sc3C2)c1. The number of thiazole rings is 1. The summed E-state index contributed by atoms with van der Waals surface area (Å²) in [5, 5.41) is 2.82. The summed E-state index contributed by atoms with van der Waals surface area (Å²) in [5.41, 5.74) is 0.650. The molecule has 3 aromatic rings.